The predicted octanol–water partition coefficient (Wildman–Crippen LogP) is 0.596. The average molecular weight is 234 g/mol. The Balaban J connectivity index is 1.87. The molecule has 2 rings (SSSR count). The lowest BCUT2D eigenvalue weighted by molar-refractivity contribution is 0.0919. The van der Waals surface area contributed by atoms with E-state index in [4.69, 9.17) is 0 Å². The summed E-state index contributed by atoms with van der Waals surface area (Å²) >= 11 is 0. The molecule has 92 valence electrons. The molecule has 2 heterocycles. The molecule has 0 spiro atoms. The summed E-state index contributed by atoms with van der Waals surface area (Å²) in [4.78, 5) is 19.7. The molecule has 1 aliphatic rings. The maximum Gasteiger partial charge on any atom is 0.271 e. The van der Waals surface area contributed by atoms with Crippen LogP contribution in [-0.4, -0.2) is 35.5 Å². The van der Waals surface area contributed by atoms with Gasteiger partial charge >= 0.3 is 0 Å². The third-order valence-electron chi connectivity index (χ3n) is 3.16. The van der Waals surface area contributed by atoms with Gasteiger partial charge in [-0.3, -0.25) is 9.78 Å². The smallest absolute Gasteiger partial charge is 0.271 e. The molecule has 1 aromatic rings. The van der Waals surface area contributed by atoms with Crippen molar-refractivity contribution in [1.29, 1.82) is 0 Å². The third kappa shape index (κ3) is 3.23. The summed E-state index contributed by atoms with van der Waals surface area (Å²) in [6, 6.07) is 0. The van der Waals surface area contributed by atoms with Gasteiger partial charge in [-0.25, -0.2) is 4.98 Å². The van der Waals surface area contributed by atoms with Gasteiger partial charge in [0.1, 0.15) is 5.69 Å². The Morgan fingerprint density at radius 3 is 3.12 bits per heavy atom. The molecule has 2 N–H and O–H groups in total. The van der Waals surface area contributed by atoms with Crippen molar-refractivity contribution in [2.45, 2.75) is 19.8 Å². The average Bonchev–Trinajstić information content (AvgIpc) is 2.38. The third-order valence-corrected chi connectivity index (χ3v) is 3.16. The van der Waals surface area contributed by atoms with Crippen LogP contribution in [0, 0.1) is 5.41 Å². The van der Waals surface area contributed by atoms with Crippen LogP contribution in [0.5, 0.6) is 0 Å². The van der Waals surface area contributed by atoms with Gasteiger partial charge in [-0.1, -0.05) is 6.92 Å². The number of rotatable bonds is 3. The Bertz CT molecular complexity index is 373. The lowest BCUT2D eigenvalue weighted by atomic mass is 9.83. The SMILES string of the molecule is CC1(CNC(=O)c2cnccn2)CCCNC1. The molecule has 1 unspecified atom stereocenters. The van der Waals surface area contributed by atoms with E-state index in [2.05, 4.69) is 27.5 Å². The summed E-state index contributed by atoms with van der Waals surface area (Å²) in [5, 5.41) is 6.29. The minimum Gasteiger partial charge on any atom is -0.350 e. The molecule has 0 radical (unpaired) electrons. The maximum absolute atomic E-state index is 11.8. The first-order chi connectivity index (χ1) is 8.20. The van der Waals surface area contributed by atoms with Crippen molar-refractivity contribution in [3.8, 4) is 0 Å². The molecular weight excluding hydrogens is 216 g/mol. The zero-order chi connectivity index (χ0) is 12.1. The molecule has 1 saturated heterocycles. The van der Waals surface area contributed by atoms with Crippen molar-refractivity contribution < 1.29 is 4.79 Å². The zero-order valence-corrected chi connectivity index (χ0v) is 10.1. The molecule has 17 heavy (non-hydrogen) atoms. The molecule has 1 amide bonds. The number of hydrogen-bond donors (Lipinski definition) is 2. The quantitative estimate of drug-likeness (QED) is 0.803. The highest BCUT2D eigenvalue weighted by atomic mass is 16.1. The van der Waals surface area contributed by atoms with Crippen molar-refractivity contribution >= 4 is 5.91 Å². The lowest BCUT2D eigenvalue weighted by Crippen LogP contribution is -2.45. The van der Waals surface area contributed by atoms with Gasteiger partial charge in [0, 0.05) is 25.5 Å². The van der Waals surface area contributed by atoms with E-state index in [-0.39, 0.29) is 11.3 Å². The van der Waals surface area contributed by atoms with Crippen LogP contribution in [0.15, 0.2) is 18.6 Å². The summed E-state index contributed by atoms with van der Waals surface area (Å²) < 4.78 is 0. The van der Waals surface area contributed by atoms with E-state index in [1.54, 1.807) is 6.20 Å². The van der Waals surface area contributed by atoms with E-state index in [0.717, 1.165) is 25.9 Å². The molecule has 0 bridgehead atoms. The Labute approximate surface area is 101 Å². The van der Waals surface area contributed by atoms with Crippen LogP contribution in [0.25, 0.3) is 0 Å². The first-order valence-electron chi connectivity index (χ1n) is 5.95. The molecule has 0 saturated carbocycles. The van der Waals surface area contributed by atoms with Gasteiger partial charge in [0.25, 0.3) is 5.91 Å². The van der Waals surface area contributed by atoms with Crippen LogP contribution < -0.4 is 10.6 Å². The second kappa shape index (κ2) is 5.23. The second-order valence-electron chi connectivity index (χ2n) is 4.86. The van der Waals surface area contributed by atoms with Crippen molar-refractivity contribution in [2.24, 2.45) is 5.41 Å². The minimum absolute atomic E-state index is 0.148. The first-order valence-corrected chi connectivity index (χ1v) is 5.95. The molecule has 5 heteroatoms. The van der Waals surface area contributed by atoms with Gasteiger partial charge in [-0.05, 0) is 24.8 Å². The van der Waals surface area contributed by atoms with Gasteiger partial charge in [0.2, 0.25) is 0 Å². The Kier molecular flexibility index (Phi) is 3.68. The molecule has 1 aromatic heterocycles. The van der Waals surface area contributed by atoms with Crippen LogP contribution in [0.4, 0.5) is 0 Å². The van der Waals surface area contributed by atoms with Crippen LogP contribution >= 0.6 is 0 Å². The van der Waals surface area contributed by atoms with E-state index >= 15 is 0 Å². The molecule has 0 aliphatic carbocycles. The van der Waals surface area contributed by atoms with E-state index in [0.29, 0.717) is 12.2 Å². The normalized spacial score (nSPS) is 24.3. The van der Waals surface area contributed by atoms with Gasteiger partial charge < -0.3 is 10.6 Å². The Morgan fingerprint density at radius 1 is 1.59 bits per heavy atom. The minimum atomic E-state index is -0.148. The fourth-order valence-electron chi connectivity index (χ4n) is 2.07. The maximum atomic E-state index is 11.8. The molecule has 5 nitrogen and oxygen atoms in total. The Morgan fingerprint density at radius 2 is 2.47 bits per heavy atom. The lowest BCUT2D eigenvalue weighted by Gasteiger charge is -2.34. The first kappa shape index (κ1) is 12.0. The molecule has 0 aromatic carbocycles. The number of amides is 1. The summed E-state index contributed by atoms with van der Waals surface area (Å²) in [6.07, 6.45) is 6.87. The second-order valence-corrected chi connectivity index (χ2v) is 4.86. The number of nitrogens with zero attached hydrogens (tertiary/aromatic N) is 2. The van der Waals surface area contributed by atoms with Gasteiger partial charge in [-0.2, -0.15) is 0 Å². The van der Waals surface area contributed by atoms with E-state index < -0.39 is 0 Å². The fraction of sp³-hybridized carbons (Fsp3) is 0.583. The van der Waals surface area contributed by atoms with Crippen molar-refractivity contribution in [2.75, 3.05) is 19.6 Å². The standard InChI is InChI=1S/C12H18N4O/c1-12(3-2-4-14-8-12)9-16-11(17)10-7-13-5-6-15-10/h5-7,14H,2-4,8-9H2,1H3,(H,16,17). The highest BCUT2D eigenvalue weighted by Crippen LogP contribution is 2.24. The summed E-state index contributed by atoms with van der Waals surface area (Å²) in [5.41, 5.74) is 0.524. The van der Waals surface area contributed by atoms with Crippen molar-refractivity contribution in [1.82, 2.24) is 20.6 Å². The monoisotopic (exact) mass is 234 g/mol. The van der Waals surface area contributed by atoms with Gasteiger partial charge in [0.15, 0.2) is 0 Å². The summed E-state index contributed by atoms with van der Waals surface area (Å²) in [7, 11) is 0. The molecular formula is C12H18N4O. The number of carbonyl (C=O) groups excluding carboxylic acids is 1. The van der Waals surface area contributed by atoms with Crippen LogP contribution in [-0.2, 0) is 0 Å². The molecule has 1 aliphatic heterocycles. The predicted molar refractivity (Wildman–Crippen MR) is 64.6 cm³/mol. The topological polar surface area (TPSA) is 66.9 Å². The fourth-order valence-corrected chi connectivity index (χ4v) is 2.07. The van der Waals surface area contributed by atoms with Crippen LogP contribution in [0.1, 0.15) is 30.3 Å². The van der Waals surface area contributed by atoms with E-state index in [1.165, 1.54) is 12.4 Å². The van der Waals surface area contributed by atoms with E-state index in [9.17, 15) is 4.79 Å². The Hall–Kier alpha value is -1.49. The number of carbonyl (C=O) groups is 1. The number of nitrogens with one attached hydrogen (secondary N) is 2. The summed E-state index contributed by atoms with van der Waals surface area (Å²) in [5.74, 6) is -0.148. The largest absolute Gasteiger partial charge is 0.350 e. The molecule has 1 fully saturated rings. The van der Waals surface area contributed by atoms with Crippen molar-refractivity contribution in [3.05, 3.63) is 24.3 Å². The van der Waals surface area contributed by atoms with E-state index in [1.807, 2.05) is 0 Å². The number of piperidine rings is 1. The number of hydrogen-bond acceptors (Lipinski definition) is 4. The van der Waals surface area contributed by atoms with Gasteiger partial charge in [-0.15, -0.1) is 0 Å². The highest BCUT2D eigenvalue weighted by Gasteiger charge is 2.27. The highest BCUT2D eigenvalue weighted by molar-refractivity contribution is 5.91. The van der Waals surface area contributed by atoms with Crippen LogP contribution in [0.3, 0.4) is 0 Å². The van der Waals surface area contributed by atoms with Crippen molar-refractivity contribution in [3.63, 3.8) is 0 Å². The molecule has 1 atom stereocenters. The van der Waals surface area contributed by atoms with Crippen LogP contribution in [0.2, 0.25) is 0 Å². The summed E-state index contributed by atoms with van der Waals surface area (Å²) in [6.45, 7) is 4.90. The number of aromatic nitrogens is 2. The zero-order valence-electron chi connectivity index (χ0n) is 10.1. The van der Waals surface area contributed by atoms with Gasteiger partial charge in [0.05, 0.1) is 6.20 Å².